The fourth-order valence-corrected chi connectivity index (χ4v) is 2.34. The van der Waals surface area contributed by atoms with Crippen LogP contribution in [-0.2, 0) is 6.54 Å². The molecular formula is C20H17N2O3+. The summed E-state index contributed by atoms with van der Waals surface area (Å²) in [6.07, 6.45) is 4.64. The maximum atomic E-state index is 12.3. The summed E-state index contributed by atoms with van der Waals surface area (Å²) >= 11 is 0. The van der Waals surface area contributed by atoms with Crippen molar-refractivity contribution >= 4 is 11.8 Å². The Morgan fingerprint density at radius 1 is 1.04 bits per heavy atom. The summed E-state index contributed by atoms with van der Waals surface area (Å²) in [5.41, 5.74) is 1.63. The predicted octanol–water partition coefficient (Wildman–Crippen LogP) is 2.78. The lowest BCUT2D eigenvalue weighted by Crippen LogP contribution is -2.38. The zero-order valence-corrected chi connectivity index (χ0v) is 13.8. The molecule has 5 nitrogen and oxygen atoms in total. The van der Waals surface area contributed by atoms with Crippen molar-refractivity contribution in [3.63, 3.8) is 0 Å². The molecule has 0 radical (unpaired) electrons. The van der Waals surface area contributed by atoms with Gasteiger partial charge in [0, 0.05) is 5.56 Å². The van der Waals surface area contributed by atoms with Crippen LogP contribution in [0.5, 0.6) is 5.75 Å². The number of rotatable bonds is 5. The second-order valence-electron chi connectivity index (χ2n) is 5.56. The van der Waals surface area contributed by atoms with Gasteiger partial charge >= 0.3 is 5.97 Å². The molecule has 0 aliphatic heterocycles. The Labute approximate surface area is 145 Å². The Kier molecular flexibility index (Phi) is 4.95. The van der Waals surface area contributed by atoms with Crippen LogP contribution in [0, 0.1) is 6.92 Å². The Balaban J connectivity index is 1.74. The van der Waals surface area contributed by atoms with Crippen LogP contribution in [0.4, 0.5) is 0 Å². The molecule has 25 heavy (non-hydrogen) atoms. The van der Waals surface area contributed by atoms with E-state index in [0.29, 0.717) is 11.3 Å². The van der Waals surface area contributed by atoms with E-state index < -0.39 is 5.97 Å². The predicted molar refractivity (Wildman–Crippen MR) is 91.3 cm³/mol. The molecule has 0 amide bonds. The molecule has 0 spiro atoms. The number of para-hydroxylation sites is 1. The molecule has 0 saturated heterocycles. The highest BCUT2D eigenvalue weighted by molar-refractivity contribution is 5.95. The fourth-order valence-electron chi connectivity index (χ4n) is 2.34. The minimum Gasteiger partial charge on any atom is -0.421 e. The van der Waals surface area contributed by atoms with Crippen LogP contribution in [0.1, 0.15) is 26.4 Å². The number of carbonyl (C=O) groups is 2. The number of benzene rings is 2. The number of Topliss-reactive ketones (excluding diaryl/α,β-unsaturated/α-hetero) is 1. The summed E-state index contributed by atoms with van der Waals surface area (Å²) in [5.74, 6) is -0.115. The smallest absolute Gasteiger partial charge is 0.368 e. The molecule has 1 heterocycles. The zero-order valence-electron chi connectivity index (χ0n) is 13.8. The van der Waals surface area contributed by atoms with E-state index >= 15 is 0 Å². The molecule has 124 valence electrons. The van der Waals surface area contributed by atoms with Crippen LogP contribution < -0.4 is 9.30 Å². The average molecular weight is 333 g/mol. The van der Waals surface area contributed by atoms with Crippen LogP contribution in [0.25, 0.3) is 0 Å². The highest BCUT2D eigenvalue weighted by Crippen LogP contribution is 2.17. The second kappa shape index (κ2) is 7.49. The van der Waals surface area contributed by atoms with Crippen molar-refractivity contribution in [1.29, 1.82) is 0 Å². The van der Waals surface area contributed by atoms with Gasteiger partial charge in [0.2, 0.25) is 24.2 Å². The normalized spacial score (nSPS) is 10.3. The number of nitrogens with zero attached hydrogens (tertiary/aromatic N) is 2. The summed E-state index contributed by atoms with van der Waals surface area (Å²) in [5, 5.41) is 0. The molecule has 2 aromatic carbocycles. The second-order valence-corrected chi connectivity index (χ2v) is 5.56. The number of hydrogen-bond acceptors (Lipinski definition) is 4. The number of aryl methyl sites for hydroxylation is 1. The van der Waals surface area contributed by atoms with Crippen molar-refractivity contribution in [2.75, 3.05) is 0 Å². The average Bonchev–Trinajstić information content (AvgIpc) is 2.64. The van der Waals surface area contributed by atoms with Crippen molar-refractivity contribution in [2.45, 2.75) is 13.5 Å². The van der Waals surface area contributed by atoms with E-state index in [2.05, 4.69) is 4.98 Å². The van der Waals surface area contributed by atoms with Crippen molar-refractivity contribution in [1.82, 2.24) is 4.98 Å². The molecule has 0 aliphatic carbocycles. The number of ether oxygens (including phenoxy) is 1. The molecule has 1 aromatic heterocycles. The molecule has 0 unspecified atom stereocenters. The van der Waals surface area contributed by atoms with Crippen molar-refractivity contribution < 1.29 is 18.9 Å². The third kappa shape index (κ3) is 4.14. The fraction of sp³-hybridized carbons (Fsp3) is 0.100. The van der Waals surface area contributed by atoms with E-state index in [0.717, 1.165) is 5.56 Å². The summed E-state index contributed by atoms with van der Waals surface area (Å²) < 4.78 is 7.00. The lowest BCUT2D eigenvalue weighted by atomic mass is 10.1. The Morgan fingerprint density at radius 2 is 1.76 bits per heavy atom. The van der Waals surface area contributed by atoms with Gasteiger partial charge in [-0.25, -0.2) is 9.78 Å². The van der Waals surface area contributed by atoms with Gasteiger partial charge in [-0.3, -0.25) is 4.79 Å². The highest BCUT2D eigenvalue weighted by Gasteiger charge is 2.18. The topological polar surface area (TPSA) is 60.1 Å². The molecule has 0 bridgehead atoms. The largest absolute Gasteiger partial charge is 0.421 e. The number of ketones is 1. The minimum atomic E-state index is -0.559. The Hall–Kier alpha value is -3.34. The first-order valence-corrected chi connectivity index (χ1v) is 7.84. The van der Waals surface area contributed by atoms with Gasteiger partial charge < -0.3 is 4.74 Å². The first kappa shape index (κ1) is 16.5. The van der Waals surface area contributed by atoms with Gasteiger partial charge in [-0.05, 0) is 18.6 Å². The number of hydrogen-bond donors (Lipinski definition) is 0. The van der Waals surface area contributed by atoms with Crippen molar-refractivity contribution in [3.05, 3.63) is 90.0 Å². The first-order chi connectivity index (χ1) is 12.1. The SMILES string of the molecule is Cc1ccccc1OC(=O)c1c[n+](CC(=O)c2ccccc2)ccn1. The monoisotopic (exact) mass is 333 g/mol. The molecule has 3 aromatic rings. The first-order valence-electron chi connectivity index (χ1n) is 7.84. The van der Waals surface area contributed by atoms with Crippen LogP contribution in [-0.4, -0.2) is 16.7 Å². The number of carbonyl (C=O) groups excluding carboxylic acids is 2. The Morgan fingerprint density at radius 3 is 2.52 bits per heavy atom. The van der Waals surface area contributed by atoms with Gasteiger partial charge in [-0.1, -0.05) is 48.5 Å². The van der Waals surface area contributed by atoms with E-state index in [1.165, 1.54) is 12.4 Å². The van der Waals surface area contributed by atoms with Gasteiger partial charge in [-0.15, -0.1) is 0 Å². The lowest BCUT2D eigenvalue weighted by Gasteiger charge is -2.05. The van der Waals surface area contributed by atoms with Gasteiger partial charge in [0.05, 0.1) is 6.20 Å². The molecule has 0 aliphatic rings. The third-order valence-electron chi connectivity index (χ3n) is 3.69. The number of esters is 1. The quantitative estimate of drug-likeness (QED) is 0.312. The van der Waals surface area contributed by atoms with Gasteiger partial charge in [0.25, 0.3) is 0 Å². The van der Waals surface area contributed by atoms with E-state index in [1.807, 2.05) is 37.3 Å². The van der Waals surface area contributed by atoms with E-state index in [1.54, 1.807) is 35.0 Å². The van der Waals surface area contributed by atoms with Crippen molar-refractivity contribution in [3.8, 4) is 5.75 Å². The standard InChI is InChI=1S/C20H17N2O3/c1-15-7-5-6-10-19(15)25-20(24)17-13-22(12-11-21-17)14-18(23)16-8-3-2-4-9-16/h2-13H,14H2,1H3/q+1. The minimum absolute atomic E-state index is 0.0463. The van der Waals surface area contributed by atoms with Crippen LogP contribution >= 0.6 is 0 Å². The molecule has 3 rings (SSSR count). The molecule has 5 heteroatoms. The lowest BCUT2D eigenvalue weighted by molar-refractivity contribution is -0.683. The van der Waals surface area contributed by atoms with Gasteiger partial charge in [0.1, 0.15) is 5.75 Å². The molecular weight excluding hydrogens is 316 g/mol. The van der Waals surface area contributed by atoms with Crippen LogP contribution in [0.3, 0.4) is 0 Å². The maximum absolute atomic E-state index is 12.3. The van der Waals surface area contributed by atoms with E-state index in [4.69, 9.17) is 4.74 Å². The molecule has 0 atom stereocenters. The molecule has 0 saturated carbocycles. The van der Waals surface area contributed by atoms with Crippen molar-refractivity contribution in [2.24, 2.45) is 0 Å². The number of aromatic nitrogens is 2. The Bertz CT molecular complexity index is 908. The summed E-state index contributed by atoms with van der Waals surface area (Å²) in [7, 11) is 0. The summed E-state index contributed by atoms with van der Waals surface area (Å²) in [4.78, 5) is 28.6. The van der Waals surface area contributed by atoms with Gasteiger partial charge in [-0.2, -0.15) is 4.57 Å². The van der Waals surface area contributed by atoms with Crippen LogP contribution in [0.15, 0.2) is 73.2 Å². The maximum Gasteiger partial charge on any atom is 0.368 e. The summed E-state index contributed by atoms with van der Waals surface area (Å²) in [6, 6.07) is 16.3. The zero-order chi connectivity index (χ0) is 17.6. The molecule has 0 N–H and O–H groups in total. The molecule has 0 fully saturated rings. The van der Waals surface area contributed by atoms with Crippen LogP contribution in [0.2, 0.25) is 0 Å². The third-order valence-corrected chi connectivity index (χ3v) is 3.69. The van der Waals surface area contributed by atoms with E-state index in [-0.39, 0.29) is 18.0 Å². The van der Waals surface area contributed by atoms with E-state index in [9.17, 15) is 9.59 Å². The highest BCUT2D eigenvalue weighted by atomic mass is 16.5. The van der Waals surface area contributed by atoms with Gasteiger partial charge in [0.15, 0.2) is 6.20 Å². The summed E-state index contributed by atoms with van der Waals surface area (Å²) in [6.45, 7) is 1.98.